The molecule has 0 bridgehead atoms. The topological polar surface area (TPSA) is 49.8 Å². The molecule has 1 atom stereocenters. The van der Waals surface area contributed by atoms with Crippen molar-refractivity contribution in [2.24, 2.45) is 0 Å². The number of aromatic nitrogens is 2. The Kier molecular flexibility index (Phi) is 8.31. The Labute approximate surface area is 193 Å². The van der Waals surface area contributed by atoms with Gasteiger partial charge in [0.05, 0.1) is 0 Å². The maximum Gasteiger partial charge on any atom is 0.421 e. The van der Waals surface area contributed by atoms with E-state index in [-0.39, 0.29) is 17.7 Å². The molecule has 176 valence electrons. The van der Waals surface area contributed by atoms with Crippen LogP contribution < -0.4 is 10.6 Å². The molecular formula is C26H31F3N4. The van der Waals surface area contributed by atoms with Gasteiger partial charge < -0.3 is 10.6 Å². The number of alkyl halides is 3. The van der Waals surface area contributed by atoms with Gasteiger partial charge >= 0.3 is 6.18 Å². The van der Waals surface area contributed by atoms with E-state index in [1.807, 2.05) is 50.2 Å². The number of anilines is 4. The van der Waals surface area contributed by atoms with E-state index in [2.05, 4.69) is 27.5 Å². The molecule has 0 fully saturated rings. The molecule has 1 unspecified atom stereocenters. The number of nitrogens with one attached hydrogen (secondary N) is 2. The number of halogens is 3. The van der Waals surface area contributed by atoms with Crippen molar-refractivity contribution < 1.29 is 13.2 Å². The van der Waals surface area contributed by atoms with Gasteiger partial charge in [0, 0.05) is 17.6 Å². The standard InChI is InChI=1S/C26H31F3N4/c1-4-6-7-10-19-13-15-20(16-14-19)31-25-30-17-22(26(27,28)29)24(33-25)32-23-12-9-8-11-21(23)18(3)5-2/h8-9,11-18H,4-7,10H2,1-3H3,(H2,30,31,32,33). The zero-order valence-corrected chi connectivity index (χ0v) is 19.3. The van der Waals surface area contributed by atoms with E-state index in [0.717, 1.165) is 36.7 Å². The van der Waals surface area contributed by atoms with E-state index >= 15 is 0 Å². The van der Waals surface area contributed by atoms with E-state index in [0.29, 0.717) is 5.69 Å². The van der Waals surface area contributed by atoms with Crippen molar-refractivity contribution in [2.45, 2.75) is 65.0 Å². The first-order chi connectivity index (χ1) is 15.8. The van der Waals surface area contributed by atoms with Gasteiger partial charge in [-0.2, -0.15) is 18.2 Å². The number of hydrogen-bond donors (Lipinski definition) is 2. The fourth-order valence-electron chi connectivity index (χ4n) is 3.60. The molecule has 3 rings (SSSR count). The summed E-state index contributed by atoms with van der Waals surface area (Å²) < 4.78 is 41.0. The van der Waals surface area contributed by atoms with Crippen LogP contribution in [0.5, 0.6) is 0 Å². The zero-order chi connectivity index (χ0) is 23.8. The SMILES string of the molecule is CCCCCc1ccc(Nc2ncc(C(F)(F)F)c(Nc3ccccc3C(C)CC)n2)cc1. The van der Waals surface area contributed by atoms with Gasteiger partial charge in [0.1, 0.15) is 11.4 Å². The molecule has 0 saturated heterocycles. The Balaban J connectivity index is 1.86. The lowest BCUT2D eigenvalue weighted by Gasteiger charge is -2.19. The molecule has 2 N–H and O–H groups in total. The molecule has 0 aliphatic carbocycles. The summed E-state index contributed by atoms with van der Waals surface area (Å²) in [4.78, 5) is 8.10. The van der Waals surface area contributed by atoms with Crippen LogP contribution in [0.4, 0.5) is 36.3 Å². The Morgan fingerprint density at radius 1 is 0.939 bits per heavy atom. The fourth-order valence-corrected chi connectivity index (χ4v) is 3.60. The van der Waals surface area contributed by atoms with Gasteiger partial charge in [0.25, 0.3) is 0 Å². The van der Waals surface area contributed by atoms with Crippen LogP contribution in [0.25, 0.3) is 0 Å². The molecule has 0 aliphatic rings. The Bertz CT molecular complexity index is 1030. The Hall–Kier alpha value is -3.09. The van der Waals surface area contributed by atoms with Crippen molar-refractivity contribution in [2.75, 3.05) is 10.6 Å². The first kappa shape index (κ1) is 24.6. The molecule has 7 heteroatoms. The summed E-state index contributed by atoms with van der Waals surface area (Å²) in [7, 11) is 0. The lowest BCUT2D eigenvalue weighted by Crippen LogP contribution is -2.13. The average Bonchev–Trinajstić information content (AvgIpc) is 2.79. The van der Waals surface area contributed by atoms with Crippen molar-refractivity contribution >= 4 is 23.1 Å². The summed E-state index contributed by atoms with van der Waals surface area (Å²) in [6.45, 7) is 6.26. The largest absolute Gasteiger partial charge is 0.421 e. The molecule has 1 heterocycles. The molecule has 2 aromatic carbocycles. The highest BCUT2D eigenvalue weighted by Gasteiger charge is 2.35. The lowest BCUT2D eigenvalue weighted by atomic mass is 9.97. The van der Waals surface area contributed by atoms with Crippen LogP contribution >= 0.6 is 0 Å². The van der Waals surface area contributed by atoms with Crippen LogP contribution in [-0.4, -0.2) is 9.97 Å². The minimum Gasteiger partial charge on any atom is -0.339 e. The fraction of sp³-hybridized carbons (Fsp3) is 0.385. The molecule has 0 aliphatic heterocycles. The number of unbranched alkanes of at least 4 members (excludes halogenated alkanes) is 2. The van der Waals surface area contributed by atoms with E-state index in [1.54, 1.807) is 12.1 Å². The smallest absolute Gasteiger partial charge is 0.339 e. The quantitative estimate of drug-likeness (QED) is 0.302. The predicted octanol–water partition coefficient (Wildman–Crippen LogP) is 8.23. The number of nitrogens with zero attached hydrogens (tertiary/aromatic N) is 2. The summed E-state index contributed by atoms with van der Waals surface area (Å²) in [6.07, 6.45) is 1.62. The van der Waals surface area contributed by atoms with Crippen LogP contribution in [0.1, 0.15) is 69.1 Å². The van der Waals surface area contributed by atoms with Crippen LogP contribution in [0.15, 0.2) is 54.7 Å². The lowest BCUT2D eigenvalue weighted by molar-refractivity contribution is -0.137. The van der Waals surface area contributed by atoms with Crippen molar-refractivity contribution in [1.29, 1.82) is 0 Å². The third-order valence-electron chi connectivity index (χ3n) is 5.73. The summed E-state index contributed by atoms with van der Waals surface area (Å²) in [5.74, 6) is 0.0236. The number of hydrogen-bond acceptors (Lipinski definition) is 4. The van der Waals surface area contributed by atoms with Gasteiger partial charge in [-0.05, 0) is 54.5 Å². The van der Waals surface area contributed by atoms with Gasteiger partial charge in [-0.3, -0.25) is 0 Å². The van der Waals surface area contributed by atoms with Crippen LogP contribution in [-0.2, 0) is 12.6 Å². The summed E-state index contributed by atoms with van der Waals surface area (Å²) in [6, 6.07) is 15.2. The van der Waals surface area contributed by atoms with Crippen molar-refractivity contribution in [3.63, 3.8) is 0 Å². The summed E-state index contributed by atoms with van der Waals surface area (Å²) in [5.41, 5.74) is 2.60. The first-order valence-electron chi connectivity index (χ1n) is 11.5. The van der Waals surface area contributed by atoms with Crippen LogP contribution in [0.3, 0.4) is 0 Å². The molecule has 0 saturated carbocycles. The second-order valence-corrected chi connectivity index (χ2v) is 8.25. The zero-order valence-electron chi connectivity index (χ0n) is 19.3. The van der Waals surface area contributed by atoms with E-state index in [1.165, 1.54) is 18.4 Å². The molecule has 0 amide bonds. The second kappa shape index (κ2) is 11.2. The molecule has 3 aromatic rings. The molecule has 1 aromatic heterocycles. The molecule has 0 radical (unpaired) electrons. The predicted molar refractivity (Wildman–Crippen MR) is 128 cm³/mol. The van der Waals surface area contributed by atoms with E-state index in [9.17, 15) is 13.2 Å². The van der Waals surface area contributed by atoms with E-state index < -0.39 is 11.7 Å². The van der Waals surface area contributed by atoms with Crippen molar-refractivity contribution in [3.8, 4) is 0 Å². The Morgan fingerprint density at radius 2 is 1.67 bits per heavy atom. The molecule has 33 heavy (non-hydrogen) atoms. The number of para-hydroxylation sites is 1. The van der Waals surface area contributed by atoms with Crippen LogP contribution in [0.2, 0.25) is 0 Å². The highest BCUT2D eigenvalue weighted by Crippen LogP contribution is 2.37. The molecule has 0 spiro atoms. The highest BCUT2D eigenvalue weighted by molar-refractivity contribution is 5.66. The number of rotatable bonds is 10. The maximum absolute atomic E-state index is 13.7. The monoisotopic (exact) mass is 456 g/mol. The van der Waals surface area contributed by atoms with Gasteiger partial charge in [-0.1, -0.05) is 63.9 Å². The van der Waals surface area contributed by atoms with E-state index in [4.69, 9.17) is 0 Å². The third-order valence-corrected chi connectivity index (χ3v) is 5.73. The normalized spacial score (nSPS) is 12.4. The molecular weight excluding hydrogens is 425 g/mol. The van der Waals surface area contributed by atoms with Crippen molar-refractivity contribution in [3.05, 3.63) is 71.4 Å². The number of benzene rings is 2. The highest BCUT2D eigenvalue weighted by atomic mass is 19.4. The first-order valence-corrected chi connectivity index (χ1v) is 11.5. The summed E-state index contributed by atoms with van der Waals surface area (Å²) in [5, 5.41) is 5.94. The van der Waals surface area contributed by atoms with Gasteiger partial charge in [0.2, 0.25) is 5.95 Å². The van der Waals surface area contributed by atoms with Crippen LogP contribution in [0, 0.1) is 0 Å². The Morgan fingerprint density at radius 3 is 2.33 bits per heavy atom. The second-order valence-electron chi connectivity index (χ2n) is 8.25. The molecule has 4 nitrogen and oxygen atoms in total. The van der Waals surface area contributed by atoms with Crippen molar-refractivity contribution in [1.82, 2.24) is 9.97 Å². The maximum atomic E-state index is 13.7. The average molecular weight is 457 g/mol. The third kappa shape index (κ3) is 6.70. The van der Waals surface area contributed by atoms with Gasteiger partial charge in [0.15, 0.2) is 0 Å². The van der Waals surface area contributed by atoms with Gasteiger partial charge in [-0.25, -0.2) is 4.98 Å². The summed E-state index contributed by atoms with van der Waals surface area (Å²) >= 11 is 0. The number of aryl methyl sites for hydroxylation is 1. The minimum atomic E-state index is -4.58. The minimum absolute atomic E-state index is 0.102. The van der Waals surface area contributed by atoms with Gasteiger partial charge in [-0.15, -0.1) is 0 Å².